The van der Waals surface area contributed by atoms with Gasteiger partial charge in [-0.3, -0.25) is 9.59 Å². The number of carbonyl (C=O) groups is 3. The number of carbonyl (C=O) groups excluding carboxylic acids is 3. The Labute approximate surface area is 167 Å². The zero-order valence-corrected chi connectivity index (χ0v) is 16.4. The summed E-state index contributed by atoms with van der Waals surface area (Å²) in [6, 6.07) is 6.53. The van der Waals surface area contributed by atoms with Gasteiger partial charge in [0.1, 0.15) is 6.33 Å². The maximum absolute atomic E-state index is 12.6. The Bertz CT molecular complexity index is 844. The summed E-state index contributed by atoms with van der Waals surface area (Å²) in [7, 11) is 0. The van der Waals surface area contributed by atoms with E-state index < -0.39 is 12.1 Å². The number of tetrazole rings is 1. The van der Waals surface area contributed by atoms with Crippen molar-refractivity contribution in [2.45, 2.75) is 32.8 Å². The molecule has 1 aromatic heterocycles. The van der Waals surface area contributed by atoms with Crippen molar-refractivity contribution in [2.75, 3.05) is 19.7 Å². The molecule has 0 bridgehead atoms. The Balaban J connectivity index is 1.52. The second-order valence-electron chi connectivity index (χ2n) is 6.70. The Morgan fingerprint density at radius 3 is 2.45 bits per heavy atom. The first-order chi connectivity index (χ1) is 14.0. The fourth-order valence-electron chi connectivity index (χ4n) is 3.16. The van der Waals surface area contributed by atoms with E-state index in [1.165, 1.54) is 11.0 Å². The molecular weight excluding hydrogens is 378 g/mol. The molecule has 154 valence electrons. The molecule has 0 spiro atoms. The number of esters is 2. The van der Waals surface area contributed by atoms with Crippen LogP contribution < -0.4 is 0 Å². The van der Waals surface area contributed by atoms with Crippen molar-refractivity contribution in [2.24, 2.45) is 5.92 Å². The number of aromatic nitrogens is 4. The molecule has 10 nitrogen and oxygen atoms in total. The summed E-state index contributed by atoms with van der Waals surface area (Å²) in [5.41, 5.74) is 1.02. The first-order valence-corrected chi connectivity index (χ1v) is 9.49. The van der Waals surface area contributed by atoms with E-state index in [2.05, 4.69) is 15.5 Å². The van der Waals surface area contributed by atoms with Crippen LogP contribution in [0.5, 0.6) is 0 Å². The quantitative estimate of drug-likeness (QED) is 0.659. The lowest BCUT2D eigenvalue weighted by Gasteiger charge is -2.32. The summed E-state index contributed by atoms with van der Waals surface area (Å²) < 4.78 is 11.8. The van der Waals surface area contributed by atoms with Gasteiger partial charge in [0.25, 0.3) is 5.91 Å². The van der Waals surface area contributed by atoms with Gasteiger partial charge in [-0.15, -0.1) is 5.10 Å². The van der Waals surface area contributed by atoms with Crippen molar-refractivity contribution in [3.05, 3.63) is 36.2 Å². The average molecular weight is 401 g/mol. The van der Waals surface area contributed by atoms with E-state index in [4.69, 9.17) is 9.47 Å². The molecule has 0 saturated carbocycles. The van der Waals surface area contributed by atoms with Crippen LogP contribution in [0.3, 0.4) is 0 Å². The maximum atomic E-state index is 12.6. The minimum Gasteiger partial charge on any atom is -0.466 e. The lowest BCUT2D eigenvalue weighted by Crippen LogP contribution is -2.45. The molecule has 1 amide bonds. The molecule has 1 unspecified atom stereocenters. The minimum atomic E-state index is -0.916. The number of rotatable bonds is 6. The van der Waals surface area contributed by atoms with Gasteiger partial charge in [-0.2, -0.15) is 0 Å². The molecule has 3 rings (SSSR count). The fourth-order valence-corrected chi connectivity index (χ4v) is 3.16. The lowest BCUT2D eigenvalue weighted by molar-refractivity contribution is -0.152. The molecule has 1 aliphatic heterocycles. The molecular formula is C19H23N5O5. The van der Waals surface area contributed by atoms with Crippen LogP contribution in [0.25, 0.3) is 5.69 Å². The van der Waals surface area contributed by atoms with Gasteiger partial charge in [0.15, 0.2) is 6.10 Å². The van der Waals surface area contributed by atoms with Crippen molar-refractivity contribution in [3.63, 3.8) is 0 Å². The highest BCUT2D eigenvalue weighted by molar-refractivity contribution is 5.92. The molecule has 0 radical (unpaired) electrons. The molecule has 2 heterocycles. The van der Waals surface area contributed by atoms with Gasteiger partial charge in [-0.05, 0) is 61.4 Å². The zero-order chi connectivity index (χ0) is 20.8. The third-order valence-corrected chi connectivity index (χ3v) is 4.77. The molecule has 1 saturated heterocycles. The Kier molecular flexibility index (Phi) is 6.53. The number of nitrogens with zero attached hydrogens (tertiary/aromatic N) is 5. The van der Waals surface area contributed by atoms with E-state index in [9.17, 15) is 14.4 Å². The van der Waals surface area contributed by atoms with Crippen molar-refractivity contribution < 1.29 is 23.9 Å². The highest BCUT2D eigenvalue weighted by Crippen LogP contribution is 2.20. The summed E-state index contributed by atoms with van der Waals surface area (Å²) in [5, 5.41) is 10.9. The topological polar surface area (TPSA) is 117 Å². The van der Waals surface area contributed by atoms with Crippen LogP contribution in [-0.2, 0) is 19.1 Å². The van der Waals surface area contributed by atoms with Gasteiger partial charge < -0.3 is 14.4 Å². The zero-order valence-electron chi connectivity index (χ0n) is 16.4. The third kappa shape index (κ3) is 4.95. The van der Waals surface area contributed by atoms with E-state index in [1.54, 1.807) is 43.0 Å². The molecule has 1 aromatic carbocycles. The second-order valence-corrected chi connectivity index (χ2v) is 6.70. The van der Waals surface area contributed by atoms with Crippen molar-refractivity contribution in [1.82, 2.24) is 25.1 Å². The van der Waals surface area contributed by atoms with Crippen molar-refractivity contribution >= 4 is 17.8 Å². The Hall–Kier alpha value is -3.30. The van der Waals surface area contributed by atoms with E-state index >= 15 is 0 Å². The number of benzene rings is 1. The first kappa shape index (κ1) is 20.4. The number of likely N-dealkylation sites (tertiary alicyclic amines) is 1. The van der Waals surface area contributed by atoms with Crippen LogP contribution in [0.1, 0.15) is 37.0 Å². The number of hydrogen-bond acceptors (Lipinski definition) is 8. The summed E-state index contributed by atoms with van der Waals surface area (Å²) in [6.45, 7) is 4.54. The predicted octanol–water partition coefficient (Wildman–Crippen LogP) is 1.01. The Morgan fingerprint density at radius 1 is 1.17 bits per heavy atom. The SMILES string of the molecule is CCOC(=O)C1CCN(C(=O)C(C)OC(=O)c2ccc(-n3cnnn3)cc2)CC1. The molecule has 29 heavy (non-hydrogen) atoms. The summed E-state index contributed by atoms with van der Waals surface area (Å²) in [5.74, 6) is -1.26. The predicted molar refractivity (Wildman–Crippen MR) is 100.0 cm³/mol. The van der Waals surface area contributed by atoms with Crippen LogP contribution in [0.2, 0.25) is 0 Å². The van der Waals surface area contributed by atoms with E-state index in [0.717, 1.165) is 0 Å². The van der Waals surface area contributed by atoms with Gasteiger partial charge >= 0.3 is 11.9 Å². The van der Waals surface area contributed by atoms with Crippen LogP contribution >= 0.6 is 0 Å². The first-order valence-electron chi connectivity index (χ1n) is 9.49. The summed E-state index contributed by atoms with van der Waals surface area (Å²) in [4.78, 5) is 38.4. The van der Waals surface area contributed by atoms with Gasteiger partial charge in [0, 0.05) is 13.1 Å². The normalized spacial score (nSPS) is 15.6. The molecule has 0 aliphatic carbocycles. The number of piperidine rings is 1. The van der Waals surface area contributed by atoms with Crippen LogP contribution in [0, 0.1) is 5.92 Å². The molecule has 1 fully saturated rings. The van der Waals surface area contributed by atoms with Crippen LogP contribution in [0.15, 0.2) is 30.6 Å². The molecule has 0 N–H and O–H groups in total. The van der Waals surface area contributed by atoms with Crippen LogP contribution in [0.4, 0.5) is 0 Å². The largest absolute Gasteiger partial charge is 0.466 e. The minimum absolute atomic E-state index is 0.185. The standard InChI is InChI=1S/C19H23N5O5/c1-3-28-18(26)15-8-10-23(11-9-15)17(25)13(2)29-19(27)14-4-6-16(7-5-14)24-12-20-21-22-24/h4-7,12-13,15H,3,8-11H2,1-2H3. The van der Waals surface area contributed by atoms with Crippen LogP contribution in [-0.4, -0.2) is 68.8 Å². The third-order valence-electron chi connectivity index (χ3n) is 4.77. The highest BCUT2D eigenvalue weighted by Gasteiger charge is 2.31. The van der Waals surface area contributed by atoms with Gasteiger partial charge in [-0.1, -0.05) is 0 Å². The van der Waals surface area contributed by atoms with Gasteiger partial charge in [0.05, 0.1) is 23.8 Å². The molecule has 1 aliphatic rings. The van der Waals surface area contributed by atoms with Crippen molar-refractivity contribution in [1.29, 1.82) is 0 Å². The lowest BCUT2D eigenvalue weighted by atomic mass is 9.97. The Morgan fingerprint density at radius 2 is 1.86 bits per heavy atom. The average Bonchev–Trinajstić information content (AvgIpc) is 3.28. The van der Waals surface area contributed by atoms with Gasteiger partial charge in [-0.25, -0.2) is 9.48 Å². The fraction of sp³-hybridized carbons (Fsp3) is 0.474. The number of ether oxygens (including phenoxy) is 2. The second kappa shape index (κ2) is 9.26. The van der Waals surface area contributed by atoms with E-state index in [1.807, 2.05) is 0 Å². The molecule has 1 atom stereocenters. The maximum Gasteiger partial charge on any atom is 0.338 e. The molecule has 10 heteroatoms. The molecule has 2 aromatic rings. The smallest absolute Gasteiger partial charge is 0.338 e. The summed E-state index contributed by atoms with van der Waals surface area (Å²) >= 11 is 0. The van der Waals surface area contributed by atoms with E-state index in [0.29, 0.717) is 43.8 Å². The van der Waals surface area contributed by atoms with E-state index in [-0.39, 0.29) is 17.8 Å². The number of amides is 1. The van der Waals surface area contributed by atoms with Gasteiger partial charge in [0.2, 0.25) is 0 Å². The number of hydrogen-bond donors (Lipinski definition) is 0. The van der Waals surface area contributed by atoms with Crippen molar-refractivity contribution in [3.8, 4) is 5.69 Å². The highest BCUT2D eigenvalue weighted by atomic mass is 16.5. The monoisotopic (exact) mass is 401 g/mol. The summed E-state index contributed by atoms with van der Waals surface area (Å²) in [6.07, 6.45) is 1.62.